The zero-order chi connectivity index (χ0) is 10.8. The van der Waals surface area contributed by atoms with Gasteiger partial charge in [-0.2, -0.15) is 11.8 Å². The van der Waals surface area contributed by atoms with Crippen molar-refractivity contribution >= 4 is 34.4 Å². The molecule has 0 radical (unpaired) electrons. The maximum Gasteiger partial charge on any atom is 0.160 e. The van der Waals surface area contributed by atoms with E-state index in [1.54, 1.807) is 11.3 Å². The molecule has 4 heteroatoms. The Kier molecular flexibility index (Phi) is 3.36. The van der Waals surface area contributed by atoms with E-state index in [0.29, 0.717) is 10.5 Å². The van der Waals surface area contributed by atoms with E-state index >= 15 is 0 Å². The Balaban J connectivity index is 2.12. The minimum absolute atomic E-state index is 0.676. The van der Waals surface area contributed by atoms with Crippen LogP contribution in [-0.4, -0.2) is 29.9 Å². The number of anilines is 1. The van der Waals surface area contributed by atoms with E-state index in [1.807, 2.05) is 17.8 Å². The number of hydrogen-bond acceptors (Lipinski definition) is 4. The van der Waals surface area contributed by atoms with Crippen molar-refractivity contribution in [1.29, 1.82) is 0 Å². The molecule has 1 saturated heterocycles. The van der Waals surface area contributed by atoms with Gasteiger partial charge in [0.1, 0.15) is 0 Å². The monoisotopic (exact) mass is 241 g/mol. The van der Waals surface area contributed by atoms with E-state index in [-0.39, 0.29) is 0 Å². The fourth-order valence-corrected chi connectivity index (χ4v) is 4.10. The molecule has 2 nitrogen and oxygen atoms in total. The third kappa shape index (κ3) is 2.55. The largest absolute Gasteiger partial charge is 0.361 e. The van der Waals surface area contributed by atoms with E-state index in [4.69, 9.17) is 0 Å². The van der Waals surface area contributed by atoms with Crippen LogP contribution >= 0.6 is 23.1 Å². The molecule has 1 aromatic heterocycles. The van der Waals surface area contributed by atoms with Crippen molar-refractivity contribution in [3.8, 4) is 0 Å². The molecular weight excluding hydrogens is 226 g/mol. The van der Waals surface area contributed by atoms with Crippen LogP contribution in [0.15, 0.2) is 12.1 Å². The molecule has 0 aromatic carbocycles. The van der Waals surface area contributed by atoms with Crippen molar-refractivity contribution in [2.24, 2.45) is 0 Å². The summed E-state index contributed by atoms with van der Waals surface area (Å²) in [6.07, 6.45) is 0.930. The van der Waals surface area contributed by atoms with E-state index < -0.39 is 0 Å². The number of thioether (sulfide) groups is 1. The molecule has 2 unspecified atom stereocenters. The lowest BCUT2D eigenvalue weighted by Crippen LogP contribution is -2.39. The minimum atomic E-state index is 0.676. The van der Waals surface area contributed by atoms with Crippen LogP contribution in [0.3, 0.4) is 0 Å². The number of thiophene rings is 1. The van der Waals surface area contributed by atoms with Gasteiger partial charge in [0.2, 0.25) is 0 Å². The average molecular weight is 241 g/mol. The van der Waals surface area contributed by atoms with Gasteiger partial charge in [0, 0.05) is 23.6 Å². The topological polar surface area (TPSA) is 20.3 Å². The van der Waals surface area contributed by atoms with Gasteiger partial charge in [-0.05, 0) is 12.1 Å². The summed E-state index contributed by atoms with van der Waals surface area (Å²) >= 11 is 3.64. The molecule has 1 aromatic rings. The fourth-order valence-electron chi connectivity index (χ4n) is 1.93. The molecule has 1 aliphatic heterocycles. The van der Waals surface area contributed by atoms with Crippen molar-refractivity contribution in [3.63, 3.8) is 0 Å². The van der Waals surface area contributed by atoms with Gasteiger partial charge in [-0.3, -0.25) is 4.79 Å². The highest BCUT2D eigenvalue weighted by molar-refractivity contribution is 8.00. The van der Waals surface area contributed by atoms with Crippen molar-refractivity contribution in [3.05, 3.63) is 17.0 Å². The second kappa shape index (κ2) is 4.58. The highest BCUT2D eigenvalue weighted by Crippen LogP contribution is 2.32. The van der Waals surface area contributed by atoms with Crippen LogP contribution in [0, 0.1) is 0 Å². The van der Waals surface area contributed by atoms with Gasteiger partial charge in [0.15, 0.2) is 6.29 Å². The molecule has 0 N–H and O–H groups in total. The molecule has 1 aliphatic rings. The summed E-state index contributed by atoms with van der Waals surface area (Å²) in [5, 5.41) is 2.59. The average Bonchev–Trinajstić information content (AvgIpc) is 2.64. The lowest BCUT2D eigenvalue weighted by molar-refractivity contribution is 0.112. The molecule has 2 heterocycles. The maximum atomic E-state index is 10.6. The van der Waals surface area contributed by atoms with Crippen LogP contribution in [-0.2, 0) is 0 Å². The summed E-state index contributed by atoms with van der Waals surface area (Å²) in [5.74, 6) is 0. The minimum Gasteiger partial charge on any atom is -0.361 e. The van der Waals surface area contributed by atoms with Gasteiger partial charge in [-0.1, -0.05) is 13.8 Å². The first-order valence-corrected chi connectivity index (χ1v) is 6.90. The lowest BCUT2D eigenvalue weighted by atomic mass is 10.3. The predicted octanol–water partition coefficient (Wildman–Crippen LogP) is 2.89. The SMILES string of the molecule is CC1CN(c2ccc(C=O)s2)CC(C)S1. The number of carbonyl (C=O) groups is 1. The summed E-state index contributed by atoms with van der Waals surface area (Å²) in [4.78, 5) is 13.8. The highest BCUT2D eigenvalue weighted by atomic mass is 32.2. The second-order valence-electron chi connectivity index (χ2n) is 3.96. The first-order chi connectivity index (χ1) is 7.19. The summed E-state index contributed by atoms with van der Waals surface area (Å²) in [6, 6.07) is 3.97. The van der Waals surface area contributed by atoms with Crippen LogP contribution < -0.4 is 4.90 Å². The van der Waals surface area contributed by atoms with Gasteiger partial charge in [-0.15, -0.1) is 11.3 Å². The Bertz CT molecular complexity index is 340. The lowest BCUT2D eigenvalue weighted by Gasteiger charge is -2.35. The Labute approximate surface area is 98.7 Å². The zero-order valence-electron chi connectivity index (χ0n) is 8.97. The quantitative estimate of drug-likeness (QED) is 0.743. The predicted molar refractivity (Wildman–Crippen MR) is 68.4 cm³/mol. The molecule has 0 bridgehead atoms. The van der Waals surface area contributed by atoms with Crippen LogP contribution in [0.1, 0.15) is 23.5 Å². The Morgan fingerprint density at radius 1 is 1.33 bits per heavy atom. The number of aldehydes is 1. The molecule has 82 valence electrons. The van der Waals surface area contributed by atoms with E-state index in [2.05, 4.69) is 24.8 Å². The molecule has 0 aliphatic carbocycles. The molecule has 15 heavy (non-hydrogen) atoms. The van der Waals surface area contributed by atoms with Crippen molar-refractivity contribution < 1.29 is 4.79 Å². The molecule has 0 amide bonds. The van der Waals surface area contributed by atoms with Gasteiger partial charge >= 0.3 is 0 Å². The molecule has 0 spiro atoms. The van der Waals surface area contributed by atoms with Crippen molar-refractivity contribution in [2.45, 2.75) is 24.3 Å². The number of rotatable bonds is 2. The van der Waals surface area contributed by atoms with Crippen LogP contribution in [0.25, 0.3) is 0 Å². The van der Waals surface area contributed by atoms with Crippen LogP contribution in [0.4, 0.5) is 5.00 Å². The summed E-state index contributed by atoms with van der Waals surface area (Å²) in [7, 11) is 0. The fraction of sp³-hybridized carbons (Fsp3) is 0.545. The number of nitrogens with zero attached hydrogens (tertiary/aromatic N) is 1. The van der Waals surface area contributed by atoms with Crippen molar-refractivity contribution in [1.82, 2.24) is 0 Å². The third-order valence-electron chi connectivity index (χ3n) is 2.46. The maximum absolute atomic E-state index is 10.6. The standard InChI is InChI=1S/C11H15NOS2/c1-8-5-12(6-9(2)14-8)11-4-3-10(7-13)15-11/h3-4,7-9H,5-6H2,1-2H3. The van der Waals surface area contributed by atoms with Crippen LogP contribution in [0.5, 0.6) is 0 Å². The van der Waals surface area contributed by atoms with E-state index in [0.717, 1.165) is 24.3 Å². The van der Waals surface area contributed by atoms with Gasteiger partial charge < -0.3 is 4.90 Å². The first-order valence-electron chi connectivity index (χ1n) is 5.14. The highest BCUT2D eigenvalue weighted by Gasteiger charge is 2.23. The molecular formula is C11H15NOS2. The third-order valence-corrected chi connectivity index (χ3v) is 4.76. The van der Waals surface area contributed by atoms with E-state index in [9.17, 15) is 4.79 Å². The van der Waals surface area contributed by atoms with Gasteiger partial charge in [-0.25, -0.2) is 0 Å². The van der Waals surface area contributed by atoms with Gasteiger partial charge in [0.25, 0.3) is 0 Å². The summed E-state index contributed by atoms with van der Waals surface area (Å²) < 4.78 is 0. The second-order valence-corrected chi connectivity index (χ2v) is 6.93. The van der Waals surface area contributed by atoms with Crippen LogP contribution in [0.2, 0.25) is 0 Å². The number of hydrogen-bond donors (Lipinski definition) is 0. The van der Waals surface area contributed by atoms with Gasteiger partial charge in [0.05, 0.1) is 9.88 Å². The first kappa shape index (κ1) is 11.0. The summed E-state index contributed by atoms with van der Waals surface area (Å²) in [6.45, 7) is 6.71. The Morgan fingerprint density at radius 2 is 2.00 bits per heavy atom. The molecule has 1 fully saturated rings. The molecule has 2 rings (SSSR count). The smallest absolute Gasteiger partial charge is 0.160 e. The Morgan fingerprint density at radius 3 is 2.53 bits per heavy atom. The number of carbonyl (C=O) groups excluding carboxylic acids is 1. The molecule has 0 saturated carbocycles. The molecule has 2 atom stereocenters. The van der Waals surface area contributed by atoms with E-state index in [1.165, 1.54) is 5.00 Å². The summed E-state index contributed by atoms with van der Waals surface area (Å²) in [5.41, 5.74) is 0. The van der Waals surface area contributed by atoms with Crippen molar-refractivity contribution in [2.75, 3.05) is 18.0 Å². The zero-order valence-corrected chi connectivity index (χ0v) is 10.6. The normalized spacial score (nSPS) is 26.7. The Hall–Kier alpha value is -0.480.